The third kappa shape index (κ3) is 2.84. The summed E-state index contributed by atoms with van der Waals surface area (Å²) >= 11 is 0. The normalized spacial score (nSPS) is 22.9. The molecule has 1 saturated heterocycles. The van der Waals surface area contributed by atoms with Crippen LogP contribution >= 0.6 is 0 Å². The van der Waals surface area contributed by atoms with Gasteiger partial charge < -0.3 is 14.1 Å². The highest BCUT2D eigenvalue weighted by atomic mass is 16.5. The summed E-state index contributed by atoms with van der Waals surface area (Å²) in [6, 6.07) is 8.06. The molecule has 1 aromatic heterocycles. The first-order valence-electron chi connectivity index (χ1n) is 9.73. The summed E-state index contributed by atoms with van der Waals surface area (Å²) in [6.07, 6.45) is 5.46. The van der Waals surface area contributed by atoms with Crippen molar-refractivity contribution in [2.24, 2.45) is 0 Å². The fourth-order valence-corrected chi connectivity index (χ4v) is 4.10. The van der Waals surface area contributed by atoms with Crippen molar-refractivity contribution in [1.82, 2.24) is 9.88 Å². The fourth-order valence-electron chi connectivity index (χ4n) is 4.10. The minimum absolute atomic E-state index is 0.0815. The Morgan fingerprint density at radius 1 is 1.12 bits per heavy atom. The Bertz CT molecular complexity index is 801. The SMILES string of the molecule is O=C(c1ccc(C2CCOC2)cc1)N1CCc2oc(C3CCC3)nc2C1. The van der Waals surface area contributed by atoms with Gasteiger partial charge in [-0.15, -0.1) is 0 Å². The molecule has 2 aromatic rings. The summed E-state index contributed by atoms with van der Waals surface area (Å²) in [5, 5.41) is 0. The van der Waals surface area contributed by atoms with Crippen LogP contribution < -0.4 is 0 Å². The van der Waals surface area contributed by atoms with Crippen LogP contribution in [0.5, 0.6) is 0 Å². The second kappa shape index (κ2) is 6.54. The monoisotopic (exact) mass is 352 g/mol. The van der Waals surface area contributed by atoms with E-state index in [9.17, 15) is 4.79 Å². The van der Waals surface area contributed by atoms with Crippen molar-refractivity contribution >= 4 is 5.91 Å². The molecule has 3 heterocycles. The molecule has 1 saturated carbocycles. The van der Waals surface area contributed by atoms with E-state index in [-0.39, 0.29) is 5.91 Å². The van der Waals surface area contributed by atoms with Gasteiger partial charge in [-0.2, -0.15) is 0 Å². The van der Waals surface area contributed by atoms with Crippen LogP contribution in [-0.4, -0.2) is 35.5 Å². The number of carbonyl (C=O) groups excluding carboxylic acids is 1. The average Bonchev–Trinajstić information content (AvgIpc) is 3.29. The van der Waals surface area contributed by atoms with Crippen LogP contribution in [0, 0.1) is 0 Å². The largest absolute Gasteiger partial charge is 0.445 e. The van der Waals surface area contributed by atoms with Gasteiger partial charge in [0.05, 0.1) is 13.2 Å². The fraction of sp³-hybridized carbons (Fsp3) is 0.524. The quantitative estimate of drug-likeness (QED) is 0.846. The highest BCUT2D eigenvalue weighted by molar-refractivity contribution is 5.94. The van der Waals surface area contributed by atoms with Crippen molar-refractivity contribution in [3.05, 3.63) is 52.7 Å². The van der Waals surface area contributed by atoms with Gasteiger partial charge in [0.15, 0.2) is 5.89 Å². The van der Waals surface area contributed by atoms with Crippen molar-refractivity contribution in [3.63, 3.8) is 0 Å². The highest BCUT2D eigenvalue weighted by Gasteiger charge is 2.30. The molecule has 1 amide bonds. The Labute approximate surface area is 153 Å². The molecule has 136 valence electrons. The third-order valence-corrected chi connectivity index (χ3v) is 6.04. The Hall–Kier alpha value is -2.14. The van der Waals surface area contributed by atoms with E-state index in [2.05, 4.69) is 12.1 Å². The zero-order valence-corrected chi connectivity index (χ0v) is 14.9. The summed E-state index contributed by atoms with van der Waals surface area (Å²) in [6.45, 7) is 2.88. The van der Waals surface area contributed by atoms with Gasteiger partial charge in [0.2, 0.25) is 0 Å². The maximum atomic E-state index is 12.9. The van der Waals surface area contributed by atoms with Crippen LogP contribution in [-0.2, 0) is 17.7 Å². The predicted octanol–water partition coefficient (Wildman–Crippen LogP) is 3.64. The average molecular weight is 352 g/mol. The Morgan fingerprint density at radius 2 is 1.96 bits per heavy atom. The lowest BCUT2D eigenvalue weighted by atomic mass is 9.85. The Balaban J connectivity index is 1.29. The van der Waals surface area contributed by atoms with Crippen molar-refractivity contribution in [3.8, 4) is 0 Å². The molecule has 5 rings (SSSR count). The molecule has 2 fully saturated rings. The molecule has 1 atom stereocenters. The molecule has 0 spiro atoms. The van der Waals surface area contributed by atoms with E-state index in [0.29, 0.717) is 24.9 Å². The van der Waals surface area contributed by atoms with Gasteiger partial charge in [-0.3, -0.25) is 4.79 Å². The molecule has 1 aromatic carbocycles. The number of amides is 1. The number of carbonyl (C=O) groups is 1. The Morgan fingerprint density at radius 3 is 2.65 bits per heavy atom. The third-order valence-electron chi connectivity index (χ3n) is 6.04. The standard InChI is InChI=1S/C21H24N2O3/c24-21(16-6-4-14(5-7-16)17-9-11-25-13-17)23-10-8-19-18(12-23)22-20(26-19)15-2-1-3-15/h4-7,15,17H,1-3,8-13H2. The number of fused-ring (bicyclic) bond motifs is 1. The van der Waals surface area contributed by atoms with Gasteiger partial charge in [-0.05, 0) is 37.0 Å². The van der Waals surface area contributed by atoms with Crippen LogP contribution in [0.4, 0.5) is 0 Å². The minimum Gasteiger partial charge on any atom is -0.445 e. The number of benzene rings is 1. The smallest absolute Gasteiger partial charge is 0.254 e. The van der Waals surface area contributed by atoms with Crippen LogP contribution in [0.25, 0.3) is 0 Å². The first-order valence-corrected chi connectivity index (χ1v) is 9.73. The van der Waals surface area contributed by atoms with Gasteiger partial charge in [0, 0.05) is 37.0 Å². The van der Waals surface area contributed by atoms with Crippen LogP contribution in [0.1, 0.15) is 70.8 Å². The molecule has 5 heteroatoms. The predicted molar refractivity (Wildman–Crippen MR) is 96.2 cm³/mol. The zero-order chi connectivity index (χ0) is 17.5. The number of nitrogens with zero attached hydrogens (tertiary/aromatic N) is 2. The van der Waals surface area contributed by atoms with Crippen molar-refractivity contribution < 1.29 is 13.9 Å². The van der Waals surface area contributed by atoms with Gasteiger partial charge in [0.25, 0.3) is 5.91 Å². The number of oxazole rings is 1. The molecule has 1 unspecified atom stereocenters. The molecule has 0 radical (unpaired) electrons. The topological polar surface area (TPSA) is 55.6 Å². The van der Waals surface area contributed by atoms with E-state index in [0.717, 1.165) is 49.0 Å². The summed E-state index contributed by atoms with van der Waals surface area (Å²) in [5.41, 5.74) is 2.96. The van der Waals surface area contributed by atoms with E-state index in [1.807, 2.05) is 17.0 Å². The van der Waals surface area contributed by atoms with E-state index in [1.54, 1.807) is 0 Å². The van der Waals surface area contributed by atoms with E-state index >= 15 is 0 Å². The van der Waals surface area contributed by atoms with Gasteiger partial charge in [-0.1, -0.05) is 18.6 Å². The minimum atomic E-state index is 0.0815. The van der Waals surface area contributed by atoms with Crippen molar-refractivity contribution in [1.29, 1.82) is 0 Å². The lowest BCUT2D eigenvalue weighted by molar-refractivity contribution is 0.0728. The molecular weight excluding hydrogens is 328 g/mol. The second-order valence-electron chi connectivity index (χ2n) is 7.71. The van der Waals surface area contributed by atoms with Gasteiger partial charge in [-0.25, -0.2) is 4.98 Å². The molecule has 26 heavy (non-hydrogen) atoms. The first-order chi connectivity index (χ1) is 12.8. The van der Waals surface area contributed by atoms with Crippen molar-refractivity contribution in [2.75, 3.05) is 19.8 Å². The zero-order valence-electron chi connectivity index (χ0n) is 14.9. The number of hydrogen-bond acceptors (Lipinski definition) is 4. The van der Waals surface area contributed by atoms with E-state index < -0.39 is 0 Å². The molecule has 5 nitrogen and oxygen atoms in total. The van der Waals surface area contributed by atoms with Gasteiger partial charge >= 0.3 is 0 Å². The lowest BCUT2D eigenvalue weighted by Crippen LogP contribution is -2.35. The van der Waals surface area contributed by atoms with Crippen LogP contribution in [0.3, 0.4) is 0 Å². The Kier molecular flexibility index (Phi) is 4.04. The van der Waals surface area contributed by atoms with Gasteiger partial charge in [0.1, 0.15) is 11.5 Å². The maximum Gasteiger partial charge on any atom is 0.254 e. The second-order valence-corrected chi connectivity index (χ2v) is 7.71. The molecule has 0 bridgehead atoms. The molecule has 3 aliphatic rings. The molecular formula is C21H24N2O3. The number of rotatable bonds is 3. The molecule has 2 aliphatic heterocycles. The first kappa shape index (κ1) is 16.1. The highest BCUT2D eigenvalue weighted by Crippen LogP contribution is 2.37. The molecule has 0 N–H and O–H groups in total. The summed E-state index contributed by atoms with van der Waals surface area (Å²) in [5.74, 6) is 2.91. The summed E-state index contributed by atoms with van der Waals surface area (Å²) in [7, 11) is 0. The van der Waals surface area contributed by atoms with Crippen LogP contribution in [0.2, 0.25) is 0 Å². The van der Waals surface area contributed by atoms with Crippen molar-refractivity contribution in [2.45, 2.75) is 50.5 Å². The number of ether oxygens (including phenoxy) is 1. The molecule has 1 aliphatic carbocycles. The summed E-state index contributed by atoms with van der Waals surface area (Å²) in [4.78, 5) is 19.5. The number of hydrogen-bond donors (Lipinski definition) is 0. The van der Waals surface area contributed by atoms with E-state index in [1.165, 1.54) is 24.8 Å². The summed E-state index contributed by atoms with van der Waals surface area (Å²) < 4.78 is 11.4. The number of aromatic nitrogens is 1. The maximum absolute atomic E-state index is 12.9. The van der Waals surface area contributed by atoms with E-state index in [4.69, 9.17) is 14.1 Å². The van der Waals surface area contributed by atoms with Crippen LogP contribution in [0.15, 0.2) is 28.7 Å². The lowest BCUT2D eigenvalue weighted by Gasteiger charge is -2.25.